The lowest BCUT2D eigenvalue weighted by molar-refractivity contribution is -0.161. The first-order valence-corrected chi connectivity index (χ1v) is 10.2. The first kappa shape index (κ1) is 20.1. The summed E-state index contributed by atoms with van der Waals surface area (Å²) in [5.41, 5.74) is 2.37. The Morgan fingerprint density at radius 1 is 0.857 bits per heavy atom. The van der Waals surface area contributed by atoms with Gasteiger partial charge in [-0.15, -0.1) is 0 Å². The van der Waals surface area contributed by atoms with Crippen molar-refractivity contribution in [1.29, 1.82) is 0 Å². The van der Waals surface area contributed by atoms with E-state index in [4.69, 9.17) is 0 Å². The first-order valence-electron chi connectivity index (χ1n) is 10.2. The van der Waals surface area contributed by atoms with Crippen LogP contribution < -0.4 is 0 Å². The van der Waals surface area contributed by atoms with Crippen LogP contribution in [-0.2, 0) is 22.4 Å². The van der Waals surface area contributed by atoms with Gasteiger partial charge in [0.15, 0.2) is 0 Å². The second-order valence-electron chi connectivity index (χ2n) is 8.04. The molecule has 1 heterocycles. The van der Waals surface area contributed by atoms with Crippen molar-refractivity contribution in [3.05, 3.63) is 71.8 Å². The summed E-state index contributed by atoms with van der Waals surface area (Å²) in [4.78, 5) is 29.4. The Kier molecular flexibility index (Phi) is 6.50. The van der Waals surface area contributed by atoms with Crippen molar-refractivity contribution in [2.24, 2.45) is 5.92 Å². The normalized spacial score (nSPS) is 18.6. The minimum Gasteiger partial charge on any atom is -0.329 e. The topological polar surface area (TPSA) is 40.6 Å². The summed E-state index contributed by atoms with van der Waals surface area (Å²) in [7, 11) is 0. The fourth-order valence-electron chi connectivity index (χ4n) is 3.96. The van der Waals surface area contributed by atoms with Crippen LogP contribution in [0.1, 0.15) is 31.9 Å². The van der Waals surface area contributed by atoms with Crippen LogP contribution >= 0.6 is 0 Å². The van der Waals surface area contributed by atoms with E-state index in [1.54, 1.807) is 9.80 Å². The van der Waals surface area contributed by atoms with Crippen LogP contribution in [-0.4, -0.2) is 46.8 Å². The zero-order valence-corrected chi connectivity index (χ0v) is 17.0. The minimum absolute atomic E-state index is 0.00336. The van der Waals surface area contributed by atoms with Crippen molar-refractivity contribution in [2.75, 3.05) is 13.1 Å². The van der Waals surface area contributed by atoms with E-state index in [9.17, 15) is 9.59 Å². The SMILES string of the molecule is CC(C)[C@H]1CN([C@H](C)Cc2ccccc2)C(=O)C(=O)N1CCc1ccccc1. The van der Waals surface area contributed by atoms with Gasteiger partial charge in [0.05, 0.1) is 6.04 Å². The number of hydrogen-bond donors (Lipinski definition) is 0. The molecule has 0 unspecified atom stereocenters. The predicted molar refractivity (Wildman–Crippen MR) is 112 cm³/mol. The van der Waals surface area contributed by atoms with E-state index >= 15 is 0 Å². The van der Waals surface area contributed by atoms with E-state index in [0.717, 1.165) is 12.8 Å². The molecule has 4 nitrogen and oxygen atoms in total. The second kappa shape index (κ2) is 9.05. The second-order valence-corrected chi connectivity index (χ2v) is 8.04. The molecule has 0 radical (unpaired) electrons. The summed E-state index contributed by atoms with van der Waals surface area (Å²) >= 11 is 0. The van der Waals surface area contributed by atoms with Gasteiger partial charge in [-0.25, -0.2) is 0 Å². The van der Waals surface area contributed by atoms with E-state index in [-0.39, 0.29) is 23.9 Å². The maximum Gasteiger partial charge on any atom is 0.312 e. The Bertz CT molecular complexity index is 789. The van der Waals surface area contributed by atoms with Crippen molar-refractivity contribution < 1.29 is 9.59 Å². The highest BCUT2D eigenvalue weighted by molar-refractivity contribution is 6.35. The van der Waals surface area contributed by atoms with Crippen molar-refractivity contribution >= 4 is 11.8 Å². The molecule has 0 aromatic heterocycles. The van der Waals surface area contributed by atoms with Crippen molar-refractivity contribution in [3.8, 4) is 0 Å². The van der Waals surface area contributed by atoms with Crippen LogP contribution in [0.15, 0.2) is 60.7 Å². The zero-order chi connectivity index (χ0) is 20.1. The standard InChI is InChI=1S/C24H30N2O2/c1-18(2)22-17-26(19(3)16-21-12-8-5-9-13-21)24(28)23(27)25(22)15-14-20-10-6-4-7-11-20/h4-13,18-19,22H,14-17H2,1-3H3/t19-,22-/m1/s1. The van der Waals surface area contributed by atoms with Gasteiger partial charge in [-0.3, -0.25) is 9.59 Å². The van der Waals surface area contributed by atoms with Gasteiger partial charge in [0.25, 0.3) is 0 Å². The average molecular weight is 379 g/mol. The van der Waals surface area contributed by atoms with Gasteiger partial charge in [-0.05, 0) is 36.8 Å². The van der Waals surface area contributed by atoms with Gasteiger partial charge in [-0.1, -0.05) is 74.5 Å². The maximum atomic E-state index is 13.0. The van der Waals surface area contributed by atoms with Crippen LogP contribution in [0.5, 0.6) is 0 Å². The summed E-state index contributed by atoms with van der Waals surface area (Å²) in [6.07, 6.45) is 1.53. The van der Waals surface area contributed by atoms with Crippen LogP contribution in [0, 0.1) is 5.92 Å². The van der Waals surface area contributed by atoms with Gasteiger partial charge in [0.2, 0.25) is 0 Å². The highest BCUT2D eigenvalue weighted by atomic mass is 16.2. The van der Waals surface area contributed by atoms with Gasteiger partial charge < -0.3 is 9.80 Å². The van der Waals surface area contributed by atoms with E-state index < -0.39 is 0 Å². The molecule has 0 aliphatic carbocycles. The quantitative estimate of drug-likeness (QED) is 0.691. The van der Waals surface area contributed by atoms with Gasteiger partial charge >= 0.3 is 11.8 Å². The Balaban J connectivity index is 1.72. The first-order chi connectivity index (χ1) is 13.5. The number of piperazine rings is 1. The Hall–Kier alpha value is -2.62. The lowest BCUT2D eigenvalue weighted by Crippen LogP contribution is -2.63. The molecule has 1 aliphatic heterocycles. The third-order valence-electron chi connectivity index (χ3n) is 5.65. The summed E-state index contributed by atoms with van der Waals surface area (Å²) < 4.78 is 0. The molecule has 2 atom stereocenters. The molecular formula is C24H30N2O2. The molecule has 1 fully saturated rings. The Morgan fingerprint density at radius 3 is 2.00 bits per heavy atom. The monoisotopic (exact) mass is 378 g/mol. The van der Waals surface area contributed by atoms with Crippen molar-refractivity contribution in [2.45, 2.75) is 45.7 Å². The third kappa shape index (κ3) is 4.61. The smallest absolute Gasteiger partial charge is 0.312 e. The van der Waals surface area contributed by atoms with Gasteiger partial charge in [0.1, 0.15) is 0 Å². The minimum atomic E-state index is -0.367. The Morgan fingerprint density at radius 2 is 1.43 bits per heavy atom. The lowest BCUT2D eigenvalue weighted by atomic mass is 9.96. The summed E-state index contributed by atoms with van der Waals surface area (Å²) in [5, 5.41) is 0. The summed E-state index contributed by atoms with van der Waals surface area (Å²) in [5.74, 6) is -0.437. The molecule has 2 amide bonds. The Labute approximate surface area is 168 Å². The average Bonchev–Trinajstić information content (AvgIpc) is 2.70. The van der Waals surface area contributed by atoms with E-state index in [0.29, 0.717) is 19.0 Å². The van der Waals surface area contributed by atoms with E-state index in [1.807, 2.05) is 43.3 Å². The van der Waals surface area contributed by atoms with Gasteiger partial charge in [-0.2, -0.15) is 0 Å². The molecular weight excluding hydrogens is 348 g/mol. The molecule has 3 rings (SSSR count). The number of hydrogen-bond acceptors (Lipinski definition) is 2. The maximum absolute atomic E-state index is 13.0. The molecule has 0 N–H and O–H groups in total. The number of benzene rings is 2. The molecule has 0 saturated carbocycles. The van der Waals surface area contributed by atoms with Crippen LogP contribution in [0.4, 0.5) is 0 Å². The molecule has 1 saturated heterocycles. The number of carbonyl (C=O) groups excluding carboxylic acids is 2. The largest absolute Gasteiger partial charge is 0.329 e. The predicted octanol–water partition coefficient (Wildman–Crippen LogP) is 3.56. The molecule has 2 aromatic carbocycles. The molecule has 0 spiro atoms. The number of amides is 2. The van der Waals surface area contributed by atoms with Crippen LogP contribution in [0.3, 0.4) is 0 Å². The number of carbonyl (C=O) groups is 2. The third-order valence-corrected chi connectivity index (χ3v) is 5.65. The van der Waals surface area contributed by atoms with E-state index in [1.165, 1.54) is 11.1 Å². The highest BCUT2D eigenvalue weighted by Gasteiger charge is 2.41. The number of nitrogens with zero attached hydrogens (tertiary/aromatic N) is 2. The highest BCUT2D eigenvalue weighted by Crippen LogP contribution is 2.22. The molecule has 2 aromatic rings. The number of rotatable bonds is 7. The summed E-state index contributed by atoms with van der Waals surface area (Å²) in [6.45, 7) is 7.48. The molecule has 0 bridgehead atoms. The van der Waals surface area contributed by atoms with Crippen molar-refractivity contribution in [1.82, 2.24) is 9.80 Å². The fourth-order valence-corrected chi connectivity index (χ4v) is 3.96. The summed E-state index contributed by atoms with van der Waals surface area (Å²) in [6, 6.07) is 20.3. The molecule has 28 heavy (non-hydrogen) atoms. The van der Waals surface area contributed by atoms with E-state index in [2.05, 4.69) is 38.1 Å². The van der Waals surface area contributed by atoms with Gasteiger partial charge in [0, 0.05) is 19.1 Å². The molecule has 148 valence electrons. The molecule has 4 heteroatoms. The van der Waals surface area contributed by atoms with Crippen LogP contribution in [0.2, 0.25) is 0 Å². The lowest BCUT2D eigenvalue weighted by Gasteiger charge is -2.44. The molecule has 1 aliphatic rings. The van der Waals surface area contributed by atoms with Crippen LogP contribution in [0.25, 0.3) is 0 Å². The zero-order valence-electron chi connectivity index (χ0n) is 17.0. The fraction of sp³-hybridized carbons (Fsp3) is 0.417. The van der Waals surface area contributed by atoms with Crippen molar-refractivity contribution in [3.63, 3.8) is 0 Å².